The van der Waals surface area contributed by atoms with Crippen LogP contribution in [0.5, 0.6) is 11.6 Å². The number of pyridine rings is 2. The minimum atomic E-state index is 0.00811. The van der Waals surface area contributed by atoms with Crippen molar-refractivity contribution in [1.82, 2.24) is 24.8 Å². The second-order valence-corrected chi connectivity index (χ2v) is 11.4. The number of aromatic nitrogens is 4. The number of fused-ring (bicyclic) bond motifs is 1. The summed E-state index contributed by atoms with van der Waals surface area (Å²) < 4.78 is 17.6. The largest absolute Gasteiger partial charge is 0.481 e. The summed E-state index contributed by atoms with van der Waals surface area (Å²) >= 11 is 1.87. The molecule has 11 nitrogen and oxygen atoms in total. The Morgan fingerprint density at radius 2 is 1.82 bits per heavy atom. The third-order valence-corrected chi connectivity index (χ3v) is 8.47. The molecule has 3 aliphatic rings. The summed E-state index contributed by atoms with van der Waals surface area (Å²) in [6, 6.07) is 6.25. The number of hydrogen-bond acceptors (Lipinski definition) is 11. The van der Waals surface area contributed by atoms with E-state index in [2.05, 4.69) is 25.2 Å². The standard InChI is InChI=1S/C28H35N7O4S/c36-26(35-10-14-40-15-11-35)19-38-22-17-30-28(31-18-22)32-20-3-5-21(6-4-20)39-27-23-2-1-7-29-24(23)16-25(33-27)34-8-12-37-13-9-34/h1-2,7,16-18,20-21H,3-6,8-15,19H2,(H,30,31,32)/t20-,21+. The first-order valence-corrected chi connectivity index (χ1v) is 15.2. The number of nitrogens with one attached hydrogen (secondary N) is 1. The second kappa shape index (κ2) is 12.9. The lowest BCUT2D eigenvalue weighted by atomic mass is 9.93. The number of hydrogen-bond donors (Lipinski definition) is 1. The predicted octanol–water partition coefficient (Wildman–Crippen LogP) is 3.01. The van der Waals surface area contributed by atoms with Gasteiger partial charge in [-0.2, -0.15) is 16.7 Å². The van der Waals surface area contributed by atoms with Crippen molar-refractivity contribution in [2.75, 3.05) is 67.7 Å². The number of carbonyl (C=O) groups is 1. The highest BCUT2D eigenvalue weighted by Crippen LogP contribution is 2.31. The average molecular weight is 566 g/mol. The maximum atomic E-state index is 12.3. The molecule has 0 aromatic carbocycles. The Bertz CT molecular complexity index is 1280. The van der Waals surface area contributed by atoms with Gasteiger partial charge in [0, 0.05) is 56.0 Å². The van der Waals surface area contributed by atoms with Crippen LogP contribution in [0.3, 0.4) is 0 Å². The summed E-state index contributed by atoms with van der Waals surface area (Å²) in [6.07, 6.45) is 8.82. The van der Waals surface area contributed by atoms with Crippen LogP contribution in [-0.4, -0.2) is 100 Å². The van der Waals surface area contributed by atoms with Gasteiger partial charge < -0.3 is 29.3 Å². The molecule has 3 fully saturated rings. The molecule has 0 radical (unpaired) electrons. The quantitative estimate of drug-likeness (QED) is 0.435. The van der Waals surface area contributed by atoms with Gasteiger partial charge in [-0.3, -0.25) is 9.78 Å². The third-order valence-electron chi connectivity index (χ3n) is 7.53. The molecule has 1 N–H and O–H groups in total. The number of anilines is 2. The molecule has 5 heterocycles. The van der Waals surface area contributed by atoms with Gasteiger partial charge in [-0.25, -0.2) is 9.97 Å². The zero-order valence-electron chi connectivity index (χ0n) is 22.5. The Kier molecular flexibility index (Phi) is 8.62. The van der Waals surface area contributed by atoms with Crippen LogP contribution in [0.1, 0.15) is 25.7 Å². The van der Waals surface area contributed by atoms with Gasteiger partial charge in [0.05, 0.1) is 36.5 Å². The minimum absolute atomic E-state index is 0.00811. The molecule has 0 spiro atoms. The van der Waals surface area contributed by atoms with E-state index in [-0.39, 0.29) is 24.7 Å². The number of morpholine rings is 1. The Morgan fingerprint density at radius 3 is 2.60 bits per heavy atom. The Morgan fingerprint density at radius 1 is 1.05 bits per heavy atom. The number of nitrogens with zero attached hydrogens (tertiary/aromatic N) is 6. The van der Waals surface area contributed by atoms with Gasteiger partial charge >= 0.3 is 0 Å². The molecule has 6 rings (SSSR count). The molecule has 1 amide bonds. The van der Waals surface area contributed by atoms with Gasteiger partial charge in [0.25, 0.3) is 5.91 Å². The fourth-order valence-corrected chi connectivity index (χ4v) is 6.16. The number of carbonyl (C=O) groups excluding carboxylic acids is 1. The van der Waals surface area contributed by atoms with E-state index < -0.39 is 0 Å². The second-order valence-electron chi connectivity index (χ2n) is 10.2. The van der Waals surface area contributed by atoms with Crippen LogP contribution in [0.4, 0.5) is 11.8 Å². The molecule has 12 heteroatoms. The summed E-state index contributed by atoms with van der Waals surface area (Å²) in [5.74, 6) is 4.57. The Hall–Kier alpha value is -3.38. The Balaban J connectivity index is 1.00. The molecule has 0 bridgehead atoms. The van der Waals surface area contributed by atoms with Gasteiger partial charge in [0.1, 0.15) is 11.9 Å². The molecule has 2 aliphatic heterocycles. The topological polar surface area (TPSA) is 115 Å². The monoisotopic (exact) mass is 565 g/mol. The number of rotatable bonds is 8. The lowest BCUT2D eigenvalue weighted by Gasteiger charge is -2.31. The predicted molar refractivity (Wildman–Crippen MR) is 154 cm³/mol. The zero-order chi connectivity index (χ0) is 27.1. The van der Waals surface area contributed by atoms with Gasteiger partial charge in [-0.1, -0.05) is 0 Å². The van der Waals surface area contributed by atoms with Crippen LogP contribution >= 0.6 is 11.8 Å². The molecule has 1 saturated carbocycles. The van der Waals surface area contributed by atoms with Gasteiger partial charge in [0.15, 0.2) is 12.4 Å². The maximum absolute atomic E-state index is 12.3. The van der Waals surface area contributed by atoms with Gasteiger partial charge in [0.2, 0.25) is 11.8 Å². The number of ether oxygens (including phenoxy) is 3. The van der Waals surface area contributed by atoms with Gasteiger partial charge in [-0.05, 0) is 37.8 Å². The van der Waals surface area contributed by atoms with Crippen molar-refractivity contribution >= 4 is 40.3 Å². The first-order chi connectivity index (χ1) is 19.7. The SMILES string of the molecule is O=C(COc1cnc(N[C@H]2CC[C@@H](Oc3nc(N4CCOCC4)cc4ncccc34)CC2)nc1)N1CCSCC1. The van der Waals surface area contributed by atoms with E-state index in [0.717, 1.165) is 80.1 Å². The van der Waals surface area contributed by atoms with Crippen molar-refractivity contribution in [1.29, 1.82) is 0 Å². The summed E-state index contributed by atoms with van der Waals surface area (Å²) in [5.41, 5.74) is 0.892. The van der Waals surface area contributed by atoms with E-state index in [4.69, 9.17) is 19.2 Å². The smallest absolute Gasteiger partial charge is 0.260 e. The van der Waals surface area contributed by atoms with Crippen LogP contribution in [-0.2, 0) is 9.53 Å². The van der Waals surface area contributed by atoms with Gasteiger partial charge in [-0.15, -0.1) is 0 Å². The highest BCUT2D eigenvalue weighted by Gasteiger charge is 2.25. The lowest BCUT2D eigenvalue weighted by molar-refractivity contribution is -0.133. The highest BCUT2D eigenvalue weighted by atomic mass is 32.2. The molecule has 3 aromatic heterocycles. The van der Waals surface area contributed by atoms with Crippen molar-refractivity contribution < 1.29 is 19.0 Å². The first-order valence-electron chi connectivity index (χ1n) is 14.0. The minimum Gasteiger partial charge on any atom is -0.481 e. The van der Waals surface area contributed by atoms with E-state index >= 15 is 0 Å². The van der Waals surface area contributed by atoms with E-state index in [9.17, 15) is 4.79 Å². The summed E-state index contributed by atoms with van der Waals surface area (Å²) in [7, 11) is 0. The molecular weight excluding hydrogens is 530 g/mol. The van der Waals surface area contributed by atoms with Crippen molar-refractivity contribution in [3.05, 3.63) is 36.8 Å². The van der Waals surface area contributed by atoms with Crippen molar-refractivity contribution in [2.45, 2.75) is 37.8 Å². The van der Waals surface area contributed by atoms with Crippen LogP contribution in [0.2, 0.25) is 0 Å². The zero-order valence-corrected chi connectivity index (χ0v) is 23.4. The number of amides is 1. The Labute approximate surface area is 238 Å². The molecule has 0 atom stereocenters. The normalized spacial score (nSPS) is 21.7. The van der Waals surface area contributed by atoms with Crippen LogP contribution in [0.15, 0.2) is 36.8 Å². The summed E-state index contributed by atoms with van der Waals surface area (Å²) in [4.78, 5) is 34.7. The average Bonchev–Trinajstić information content (AvgIpc) is 3.02. The van der Waals surface area contributed by atoms with Crippen LogP contribution in [0, 0.1) is 0 Å². The van der Waals surface area contributed by atoms with Crippen molar-refractivity contribution in [2.24, 2.45) is 0 Å². The molecule has 40 heavy (non-hydrogen) atoms. The fourth-order valence-electron chi connectivity index (χ4n) is 5.26. The lowest BCUT2D eigenvalue weighted by Crippen LogP contribution is -2.40. The highest BCUT2D eigenvalue weighted by molar-refractivity contribution is 7.99. The van der Waals surface area contributed by atoms with E-state index in [1.165, 1.54) is 0 Å². The first kappa shape index (κ1) is 26.8. The number of thioether (sulfide) groups is 1. The third kappa shape index (κ3) is 6.67. The van der Waals surface area contributed by atoms with Crippen molar-refractivity contribution in [3.8, 4) is 11.6 Å². The van der Waals surface area contributed by atoms with E-state index in [0.29, 0.717) is 30.8 Å². The molecule has 1 aliphatic carbocycles. The fraction of sp³-hybridized carbons (Fsp3) is 0.536. The van der Waals surface area contributed by atoms with Crippen LogP contribution < -0.4 is 19.7 Å². The summed E-state index contributed by atoms with van der Waals surface area (Å²) in [6.45, 7) is 4.61. The molecule has 212 valence electrons. The van der Waals surface area contributed by atoms with Crippen LogP contribution in [0.25, 0.3) is 10.9 Å². The molecule has 3 aromatic rings. The maximum Gasteiger partial charge on any atom is 0.260 e. The summed E-state index contributed by atoms with van der Waals surface area (Å²) in [5, 5.41) is 4.37. The van der Waals surface area contributed by atoms with E-state index in [1.807, 2.05) is 34.9 Å². The molecular formula is C28H35N7O4S. The van der Waals surface area contributed by atoms with E-state index in [1.54, 1.807) is 18.6 Å². The molecule has 2 saturated heterocycles. The molecule has 0 unspecified atom stereocenters. The van der Waals surface area contributed by atoms with Crippen molar-refractivity contribution in [3.63, 3.8) is 0 Å².